The fraction of sp³-hybridized carbons (Fsp3) is 0.346. The number of benzene rings is 2. The van der Waals surface area contributed by atoms with E-state index >= 15 is 0 Å². The number of hydrogen-bond donors (Lipinski definition) is 1. The molecule has 2 unspecified atom stereocenters. The van der Waals surface area contributed by atoms with Crippen LogP contribution in [0, 0.1) is 0 Å². The van der Waals surface area contributed by atoms with Crippen LogP contribution in [0.25, 0.3) is 10.9 Å². The standard InChI is InChI=1S/C26H28N4O2/c1-2-8-22(26(31)32)25-21-11-6-7-12-23(21)29-17-20(13-14-24(25)29)30-16-19(27-28-30)15-18-9-4-3-5-10-18/h3-7,9-12,16,20,22H,2,8,13-15,17H2,1H3,(H,31,32). The predicted molar refractivity (Wildman–Crippen MR) is 124 cm³/mol. The lowest BCUT2D eigenvalue weighted by Crippen LogP contribution is -2.25. The number of aliphatic carboxylic acids is 1. The van der Waals surface area contributed by atoms with Gasteiger partial charge in [-0.05, 0) is 36.5 Å². The summed E-state index contributed by atoms with van der Waals surface area (Å²) in [6.45, 7) is 2.83. The van der Waals surface area contributed by atoms with E-state index in [-0.39, 0.29) is 6.04 Å². The second-order valence-electron chi connectivity index (χ2n) is 8.71. The van der Waals surface area contributed by atoms with Gasteiger partial charge in [0, 0.05) is 35.8 Å². The zero-order valence-electron chi connectivity index (χ0n) is 18.3. The highest BCUT2D eigenvalue weighted by Crippen LogP contribution is 2.39. The summed E-state index contributed by atoms with van der Waals surface area (Å²) in [6, 6.07) is 18.7. The van der Waals surface area contributed by atoms with Crippen molar-refractivity contribution in [3.63, 3.8) is 0 Å². The molecule has 0 radical (unpaired) electrons. The van der Waals surface area contributed by atoms with Crippen LogP contribution >= 0.6 is 0 Å². The molecule has 4 aromatic rings. The maximum absolute atomic E-state index is 12.1. The number of rotatable bonds is 7. The Bertz CT molecular complexity index is 1240. The highest BCUT2D eigenvalue weighted by atomic mass is 16.4. The lowest BCUT2D eigenvalue weighted by Gasteiger charge is -2.26. The van der Waals surface area contributed by atoms with Gasteiger partial charge in [-0.15, -0.1) is 5.10 Å². The first kappa shape index (κ1) is 20.5. The van der Waals surface area contributed by atoms with Crippen LogP contribution in [-0.2, 0) is 24.2 Å². The molecule has 0 saturated carbocycles. The van der Waals surface area contributed by atoms with Gasteiger partial charge in [0.25, 0.3) is 0 Å². The number of carboxylic acids is 1. The second-order valence-corrected chi connectivity index (χ2v) is 8.71. The van der Waals surface area contributed by atoms with E-state index in [2.05, 4.69) is 52.3 Å². The van der Waals surface area contributed by atoms with Crippen LogP contribution in [0.2, 0.25) is 0 Å². The Morgan fingerprint density at radius 3 is 2.72 bits per heavy atom. The van der Waals surface area contributed by atoms with Gasteiger partial charge in [0.2, 0.25) is 0 Å². The molecule has 32 heavy (non-hydrogen) atoms. The number of aromatic nitrogens is 4. The first-order valence-corrected chi connectivity index (χ1v) is 11.4. The fourth-order valence-corrected chi connectivity index (χ4v) is 5.13. The number of nitrogens with zero attached hydrogens (tertiary/aromatic N) is 4. The van der Waals surface area contributed by atoms with Crippen LogP contribution in [0.5, 0.6) is 0 Å². The molecule has 2 aromatic heterocycles. The minimum atomic E-state index is -0.727. The van der Waals surface area contributed by atoms with Crippen molar-refractivity contribution in [3.05, 3.63) is 83.3 Å². The predicted octanol–water partition coefficient (Wildman–Crippen LogP) is 4.98. The molecule has 164 valence electrons. The molecule has 2 aromatic carbocycles. The molecule has 0 aliphatic carbocycles. The van der Waals surface area contributed by atoms with Crippen LogP contribution in [-0.4, -0.2) is 30.6 Å². The molecule has 5 rings (SSSR count). The van der Waals surface area contributed by atoms with Gasteiger partial charge in [-0.3, -0.25) is 4.79 Å². The fourth-order valence-electron chi connectivity index (χ4n) is 5.13. The van der Waals surface area contributed by atoms with Gasteiger partial charge in [-0.2, -0.15) is 0 Å². The molecule has 3 heterocycles. The molecule has 1 aliphatic rings. The molecule has 0 saturated heterocycles. The highest BCUT2D eigenvalue weighted by Gasteiger charge is 2.32. The maximum Gasteiger partial charge on any atom is 0.311 e. The van der Waals surface area contributed by atoms with Gasteiger partial charge < -0.3 is 9.67 Å². The Morgan fingerprint density at radius 1 is 1.16 bits per heavy atom. The van der Waals surface area contributed by atoms with E-state index in [1.807, 2.05) is 35.0 Å². The van der Waals surface area contributed by atoms with Crippen molar-refractivity contribution in [2.24, 2.45) is 0 Å². The summed E-state index contributed by atoms with van der Waals surface area (Å²) < 4.78 is 4.32. The molecular formula is C26H28N4O2. The van der Waals surface area contributed by atoms with Gasteiger partial charge in [0.15, 0.2) is 0 Å². The van der Waals surface area contributed by atoms with E-state index in [0.717, 1.165) is 54.4 Å². The minimum absolute atomic E-state index is 0.206. The zero-order valence-corrected chi connectivity index (χ0v) is 18.3. The van der Waals surface area contributed by atoms with Gasteiger partial charge >= 0.3 is 5.97 Å². The van der Waals surface area contributed by atoms with E-state index in [1.165, 1.54) is 11.3 Å². The number of carboxylic acid groups (broad SMARTS) is 1. The zero-order chi connectivity index (χ0) is 22.1. The van der Waals surface area contributed by atoms with Crippen molar-refractivity contribution >= 4 is 16.9 Å². The summed E-state index contributed by atoms with van der Waals surface area (Å²) in [5.74, 6) is -1.18. The maximum atomic E-state index is 12.1. The summed E-state index contributed by atoms with van der Waals surface area (Å²) in [6.07, 6.45) is 6.11. The van der Waals surface area contributed by atoms with Gasteiger partial charge in [0.05, 0.1) is 17.7 Å². The Hall–Kier alpha value is -3.41. The van der Waals surface area contributed by atoms with Crippen molar-refractivity contribution < 1.29 is 9.90 Å². The van der Waals surface area contributed by atoms with Crippen LogP contribution in [0.3, 0.4) is 0 Å². The van der Waals surface area contributed by atoms with Crippen LogP contribution < -0.4 is 0 Å². The minimum Gasteiger partial charge on any atom is -0.481 e. The molecule has 6 nitrogen and oxygen atoms in total. The van der Waals surface area contributed by atoms with Crippen molar-refractivity contribution in [2.75, 3.05) is 0 Å². The third-order valence-electron chi connectivity index (χ3n) is 6.61. The van der Waals surface area contributed by atoms with Crippen molar-refractivity contribution in [3.8, 4) is 0 Å². The normalized spacial score (nSPS) is 16.7. The lowest BCUT2D eigenvalue weighted by atomic mass is 9.89. The lowest BCUT2D eigenvalue weighted by molar-refractivity contribution is -0.139. The summed E-state index contributed by atoms with van der Waals surface area (Å²) in [5, 5.41) is 19.9. The van der Waals surface area contributed by atoms with Gasteiger partial charge in [-0.1, -0.05) is 67.1 Å². The van der Waals surface area contributed by atoms with E-state index in [1.54, 1.807) is 0 Å². The van der Waals surface area contributed by atoms with E-state index < -0.39 is 11.9 Å². The number of carbonyl (C=O) groups is 1. The SMILES string of the molecule is CCCC(C(=O)O)c1c2n(c3ccccc13)CC(n1cc(Cc3ccccc3)nn1)CC2. The van der Waals surface area contributed by atoms with Crippen molar-refractivity contribution in [1.29, 1.82) is 0 Å². The third kappa shape index (κ3) is 3.70. The summed E-state index contributed by atoms with van der Waals surface area (Å²) >= 11 is 0. The molecule has 0 spiro atoms. The topological polar surface area (TPSA) is 72.9 Å². The number of fused-ring (bicyclic) bond motifs is 3. The van der Waals surface area contributed by atoms with Crippen molar-refractivity contribution in [1.82, 2.24) is 19.6 Å². The van der Waals surface area contributed by atoms with E-state index in [0.29, 0.717) is 6.42 Å². The van der Waals surface area contributed by atoms with Crippen LogP contribution in [0.1, 0.15) is 60.7 Å². The molecule has 0 fully saturated rings. The van der Waals surface area contributed by atoms with Crippen molar-refractivity contribution in [2.45, 2.75) is 57.5 Å². The van der Waals surface area contributed by atoms with E-state index in [9.17, 15) is 9.90 Å². The van der Waals surface area contributed by atoms with Crippen LogP contribution in [0.15, 0.2) is 60.8 Å². The second kappa shape index (κ2) is 8.61. The number of hydrogen-bond acceptors (Lipinski definition) is 3. The highest BCUT2D eigenvalue weighted by molar-refractivity contribution is 5.91. The Balaban J connectivity index is 1.47. The van der Waals surface area contributed by atoms with Gasteiger partial charge in [-0.25, -0.2) is 4.68 Å². The summed E-state index contributed by atoms with van der Waals surface area (Å²) in [4.78, 5) is 12.1. The molecule has 2 atom stereocenters. The largest absolute Gasteiger partial charge is 0.481 e. The Labute approximate surface area is 187 Å². The first-order valence-electron chi connectivity index (χ1n) is 11.4. The Morgan fingerprint density at radius 2 is 1.94 bits per heavy atom. The molecule has 1 N–H and O–H groups in total. The molecule has 1 aliphatic heterocycles. The molecule has 0 bridgehead atoms. The number of para-hydroxylation sites is 1. The molecule has 6 heteroatoms. The first-order chi connectivity index (χ1) is 15.7. The van der Waals surface area contributed by atoms with E-state index in [4.69, 9.17) is 0 Å². The van der Waals surface area contributed by atoms with Gasteiger partial charge in [0.1, 0.15) is 0 Å². The smallest absolute Gasteiger partial charge is 0.311 e. The quantitative estimate of drug-likeness (QED) is 0.451. The monoisotopic (exact) mass is 428 g/mol. The summed E-state index contributed by atoms with van der Waals surface area (Å²) in [7, 11) is 0. The summed E-state index contributed by atoms with van der Waals surface area (Å²) in [5.41, 5.74) is 5.50. The van der Waals surface area contributed by atoms with Crippen LogP contribution in [0.4, 0.5) is 0 Å². The average Bonchev–Trinajstić information content (AvgIpc) is 3.40. The third-order valence-corrected chi connectivity index (χ3v) is 6.61. The molecule has 0 amide bonds. The Kier molecular flexibility index (Phi) is 5.52. The molecular weight excluding hydrogens is 400 g/mol. The average molecular weight is 429 g/mol.